The molecule has 17 heavy (non-hydrogen) atoms. The molecule has 0 bridgehead atoms. The maximum Gasteiger partial charge on any atom is 0.0827 e. The van der Waals surface area contributed by atoms with Crippen molar-refractivity contribution >= 4 is 15.9 Å². The van der Waals surface area contributed by atoms with Crippen LogP contribution >= 0.6 is 15.9 Å². The number of nitrogens with two attached hydrogens (primary N) is 1. The van der Waals surface area contributed by atoms with Crippen LogP contribution < -0.4 is 5.73 Å². The molecule has 5 heteroatoms. The molecule has 0 saturated heterocycles. The summed E-state index contributed by atoms with van der Waals surface area (Å²) >= 11 is 3.42. The molecule has 2 aromatic rings. The summed E-state index contributed by atoms with van der Waals surface area (Å²) in [4.78, 5) is 0. The molecule has 90 valence electrons. The number of aryl methyl sites for hydroxylation is 1. The molecule has 4 nitrogen and oxygen atoms in total. The third-order valence-corrected chi connectivity index (χ3v) is 3.01. The van der Waals surface area contributed by atoms with E-state index in [1.165, 1.54) is 5.56 Å². The van der Waals surface area contributed by atoms with Gasteiger partial charge in [-0.05, 0) is 37.1 Å². The first-order valence-corrected chi connectivity index (χ1v) is 6.41. The Labute approximate surface area is 109 Å². The van der Waals surface area contributed by atoms with Gasteiger partial charge in [0.1, 0.15) is 0 Å². The van der Waals surface area contributed by atoms with Gasteiger partial charge in [-0.2, -0.15) is 0 Å². The maximum atomic E-state index is 5.46. The minimum atomic E-state index is 0.694. The van der Waals surface area contributed by atoms with Crippen molar-refractivity contribution in [3.63, 3.8) is 0 Å². The van der Waals surface area contributed by atoms with E-state index in [0.29, 0.717) is 6.54 Å². The SMILES string of the molecule is NCCCc1cn(Cc2ccc(Br)cc2)nn1. The fourth-order valence-corrected chi connectivity index (χ4v) is 1.85. The molecule has 2 N–H and O–H groups in total. The molecule has 0 atom stereocenters. The molecule has 0 amide bonds. The number of hydrogen-bond acceptors (Lipinski definition) is 3. The van der Waals surface area contributed by atoms with E-state index >= 15 is 0 Å². The molecular weight excluding hydrogens is 280 g/mol. The average Bonchev–Trinajstić information content (AvgIpc) is 2.77. The molecule has 1 aromatic heterocycles. The third-order valence-electron chi connectivity index (χ3n) is 2.48. The van der Waals surface area contributed by atoms with Crippen LogP contribution in [0.5, 0.6) is 0 Å². The Morgan fingerprint density at radius 1 is 1.24 bits per heavy atom. The van der Waals surface area contributed by atoms with Gasteiger partial charge in [-0.25, -0.2) is 4.68 Å². The van der Waals surface area contributed by atoms with Gasteiger partial charge in [-0.3, -0.25) is 0 Å². The number of benzene rings is 1. The van der Waals surface area contributed by atoms with Gasteiger partial charge in [0.15, 0.2) is 0 Å². The van der Waals surface area contributed by atoms with Gasteiger partial charge in [0.2, 0.25) is 0 Å². The van der Waals surface area contributed by atoms with Crippen molar-refractivity contribution in [1.82, 2.24) is 15.0 Å². The molecule has 1 heterocycles. The molecule has 0 unspecified atom stereocenters. The Morgan fingerprint density at radius 3 is 2.71 bits per heavy atom. The summed E-state index contributed by atoms with van der Waals surface area (Å²) < 4.78 is 2.94. The van der Waals surface area contributed by atoms with Crippen molar-refractivity contribution in [1.29, 1.82) is 0 Å². The van der Waals surface area contributed by atoms with Gasteiger partial charge in [-0.15, -0.1) is 5.10 Å². The number of nitrogens with zero attached hydrogens (tertiary/aromatic N) is 3. The second-order valence-corrected chi connectivity index (χ2v) is 4.84. The highest BCUT2D eigenvalue weighted by Crippen LogP contribution is 2.11. The van der Waals surface area contributed by atoms with Crippen LogP contribution in [0.3, 0.4) is 0 Å². The molecule has 0 fully saturated rings. The van der Waals surface area contributed by atoms with Gasteiger partial charge >= 0.3 is 0 Å². The number of halogens is 1. The second-order valence-electron chi connectivity index (χ2n) is 3.93. The third kappa shape index (κ3) is 3.64. The Kier molecular flexibility index (Phi) is 4.28. The van der Waals surface area contributed by atoms with Crippen LogP contribution in [0.2, 0.25) is 0 Å². The highest BCUT2D eigenvalue weighted by molar-refractivity contribution is 9.10. The summed E-state index contributed by atoms with van der Waals surface area (Å²) in [5, 5.41) is 8.22. The predicted octanol–water partition coefficient (Wildman–Crippen LogP) is 1.98. The van der Waals surface area contributed by atoms with Crippen molar-refractivity contribution in [2.75, 3.05) is 6.54 Å². The second kappa shape index (κ2) is 5.93. The lowest BCUT2D eigenvalue weighted by atomic mass is 10.2. The standard InChI is InChI=1S/C12H15BrN4/c13-11-5-3-10(4-6-11)8-17-9-12(15-16-17)2-1-7-14/h3-6,9H,1-2,7-8,14H2. The van der Waals surface area contributed by atoms with E-state index in [1.54, 1.807) is 0 Å². The van der Waals surface area contributed by atoms with Gasteiger partial charge in [0.05, 0.1) is 12.2 Å². The zero-order valence-corrected chi connectivity index (χ0v) is 11.1. The van der Waals surface area contributed by atoms with E-state index in [0.717, 1.165) is 29.6 Å². The summed E-state index contributed by atoms with van der Waals surface area (Å²) in [7, 11) is 0. The van der Waals surface area contributed by atoms with E-state index in [4.69, 9.17) is 5.73 Å². The molecular formula is C12H15BrN4. The zero-order valence-electron chi connectivity index (χ0n) is 9.51. The fourth-order valence-electron chi connectivity index (χ4n) is 1.59. The topological polar surface area (TPSA) is 56.7 Å². The minimum absolute atomic E-state index is 0.694. The molecule has 1 aromatic carbocycles. The molecule has 2 rings (SSSR count). The molecule has 0 aliphatic heterocycles. The van der Waals surface area contributed by atoms with E-state index in [1.807, 2.05) is 23.0 Å². The van der Waals surface area contributed by atoms with Gasteiger partial charge in [-0.1, -0.05) is 33.3 Å². The highest BCUT2D eigenvalue weighted by atomic mass is 79.9. The first kappa shape index (κ1) is 12.3. The lowest BCUT2D eigenvalue weighted by Gasteiger charge is -2.00. The highest BCUT2D eigenvalue weighted by Gasteiger charge is 2.01. The van der Waals surface area contributed by atoms with Crippen LogP contribution in [-0.2, 0) is 13.0 Å². The monoisotopic (exact) mass is 294 g/mol. The van der Waals surface area contributed by atoms with Gasteiger partial charge in [0.25, 0.3) is 0 Å². The van der Waals surface area contributed by atoms with Crippen molar-refractivity contribution in [3.8, 4) is 0 Å². The smallest absolute Gasteiger partial charge is 0.0827 e. The first-order chi connectivity index (χ1) is 8.28. The van der Waals surface area contributed by atoms with E-state index in [-0.39, 0.29) is 0 Å². The van der Waals surface area contributed by atoms with Crippen LogP contribution in [0.25, 0.3) is 0 Å². The lowest BCUT2D eigenvalue weighted by Crippen LogP contribution is -2.00. The van der Waals surface area contributed by atoms with Crippen LogP contribution in [0.1, 0.15) is 17.7 Å². The Hall–Kier alpha value is -1.20. The Morgan fingerprint density at radius 2 is 2.00 bits per heavy atom. The Balaban J connectivity index is 1.98. The number of rotatable bonds is 5. The summed E-state index contributed by atoms with van der Waals surface area (Å²) in [5.74, 6) is 0. The van der Waals surface area contributed by atoms with Crippen LogP contribution in [-0.4, -0.2) is 21.5 Å². The average molecular weight is 295 g/mol. The quantitative estimate of drug-likeness (QED) is 0.917. The van der Waals surface area contributed by atoms with E-state index in [9.17, 15) is 0 Å². The molecule has 0 aliphatic carbocycles. The van der Waals surface area contributed by atoms with Crippen LogP contribution in [0.15, 0.2) is 34.9 Å². The number of hydrogen-bond donors (Lipinski definition) is 1. The molecule has 0 saturated carbocycles. The minimum Gasteiger partial charge on any atom is -0.330 e. The van der Waals surface area contributed by atoms with Crippen LogP contribution in [0.4, 0.5) is 0 Å². The van der Waals surface area contributed by atoms with Crippen molar-refractivity contribution < 1.29 is 0 Å². The maximum absolute atomic E-state index is 5.46. The summed E-state index contributed by atoms with van der Waals surface area (Å²) in [6.07, 6.45) is 3.84. The number of aromatic nitrogens is 3. The zero-order chi connectivity index (χ0) is 12.1. The molecule has 0 aliphatic rings. The van der Waals surface area contributed by atoms with Gasteiger partial charge < -0.3 is 5.73 Å². The summed E-state index contributed by atoms with van der Waals surface area (Å²) in [5.41, 5.74) is 7.68. The summed E-state index contributed by atoms with van der Waals surface area (Å²) in [6, 6.07) is 8.21. The summed E-state index contributed by atoms with van der Waals surface area (Å²) in [6.45, 7) is 1.45. The molecule has 0 spiro atoms. The largest absolute Gasteiger partial charge is 0.330 e. The fraction of sp³-hybridized carbons (Fsp3) is 0.333. The predicted molar refractivity (Wildman–Crippen MR) is 70.6 cm³/mol. The van der Waals surface area contributed by atoms with Crippen LogP contribution in [0, 0.1) is 0 Å². The normalized spacial score (nSPS) is 10.7. The Bertz CT molecular complexity index is 464. The van der Waals surface area contributed by atoms with Crippen molar-refractivity contribution in [3.05, 3.63) is 46.2 Å². The van der Waals surface area contributed by atoms with Crippen molar-refractivity contribution in [2.24, 2.45) is 5.73 Å². The van der Waals surface area contributed by atoms with Gasteiger partial charge in [0, 0.05) is 10.7 Å². The van der Waals surface area contributed by atoms with E-state index in [2.05, 4.69) is 38.4 Å². The lowest BCUT2D eigenvalue weighted by molar-refractivity contribution is 0.649. The van der Waals surface area contributed by atoms with Crippen molar-refractivity contribution in [2.45, 2.75) is 19.4 Å². The first-order valence-electron chi connectivity index (χ1n) is 5.61. The van der Waals surface area contributed by atoms with E-state index < -0.39 is 0 Å². The molecule has 0 radical (unpaired) electrons.